The van der Waals surface area contributed by atoms with Gasteiger partial charge in [0.05, 0.1) is 12.1 Å². The molecule has 6 heteroatoms. The van der Waals surface area contributed by atoms with Crippen molar-refractivity contribution >= 4 is 17.7 Å². The van der Waals surface area contributed by atoms with Crippen LogP contribution in [-0.2, 0) is 0 Å². The molecule has 0 N–H and O–H groups in total. The minimum absolute atomic E-state index is 0.160. The number of methoxy groups -OCH3 is 1. The van der Waals surface area contributed by atoms with Gasteiger partial charge in [0.25, 0.3) is 0 Å². The molecule has 0 fully saturated rings. The van der Waals surface area contributed by atoms with Crippen molar-refractivity contribution in [1.82, 2.24) is 0 Å². The zero-order valence-corrected chi connectivity index (χ0v) is 12.0. The first kappa shape index (κ1) is 15.0. The maximum Gasteiger partial charge on any atom is 0.432 e. The lowest BCUT2D eigenvalue weighted by Crippen LogP contribution is -2.49. The molecule has 1 unspecified atom stereocenters. The summed E-state index contributed by atoms with van der Waals surface area (Å²) in [6.45, 7) is 3.06. The predicted octanol–water partition coefficient (Wildman–Crippen LogP) is 4.77. The van der Waals surface area contributed by atoms with Crippen LogP contribution in [0.4, 0.5) is 13.2 Å². The van der Waals surface area contributed by atoms with Gasteiger partial charge in [-0.3, -0.25) is 0 Å². The van der Waals surface area contributed by atoms with Crippen LogP contribution in [-0.4, -0.2) is 18.9 Å². The number of rotatable bonds is 2. The van der Waals surface area contributed by atoms with E-state index in [9.17, 15) is 13.2 Å². The van der Waals surface area contributed by atoms with Crippen LogP contribution in [0.3, 0.4) is 0 Å². The Balaban J connectivity index is 2.60. The van der Waals surface area contributed by atoms with Crippen LogP contribution in [0.15, 0.2) is 12.1 Å². The Morgan fingerprint density at radius 1 is 1.40 bits per heavy atom. The molecule has 1 heterocycles. The Hall–Kier alpha value is -1.36. The Labute approximate surface area is 120 Å². The number of alkyl halides is 3. The summed E-state index contributed by atoms with van der Waals surface area (Å²) in [4.78, 5) is 0. The molecule has 0 aromatic heterocycles. The molecular weight excluding hydrogens is 293 g/mol. The smallest absolute Gasteiger partial charge is 0.432 e. The molecule has 0 saturated carbocycles. The van der Waals surface area contributed by atoms with Gasteiger partial charge in [0.1, 0.15) is 11.5 Å². The molecular formula is C14H14ClF3O2. The van der Waals surface area contributed by atoms with E-state index in [1.807, 2.05) is 0 Å². The topological polar surface area (TPSA) is 18.5 Å². The molecule has 2 rings (SSSR count). The summed E-state index contributed by atoms with van der Waals surface area (Å²) in [6, 6.07) is 1.54. The molecule has 0 saturated heterocycles. The average molecular weight is 307 g/mol. The Morgan fingerprint density at radius 3 is 2.55 bits per heavy atom. The number of hydrogen-bond acceptors (Lipinski definition) is 2. The summed E-state index contributed by atoms with van der Waals surface area (Å²) in [5, 5.41) is 0.341. The molecule has 1 aliphatic heterocycles. The van der Waals surface area contributed by atoms with E-state index in [1.165, 1.54) is 26.2 Å². The molecule has 1 aromatic carbocycles. The third kappa shape index (κ3) is 2.14. The van der Waals surface area contributed by atoms with Crippen molar-refractivity contribution in [3.63, 3.8) is 0 Å². The van der Waals surface area contributed by atoms with Gasteiger partial charge in [-0.25, -0.2) is 0 Å². The fourth-order valence-corrected chi connectivity index (χ4v) is 2.60. The van der Waals surface area contributed by atoms with Crippen LogP contribution in [0.25, 0.3) is 6.08 Å². The first-order chi connectivity index (χ1) is 9.25. The summed E-state index contributed by atoms with van der Waals surface area (Å²) in [5.74, 6) is 0.487. The molecule has 20 heavy (non-hydrogen) atoms. The van der Waals surface area contributed by atoms with E-state index < -0.39 is 11.8 Å². The zero-order chi connectivity index (χ0) is 15.1. The monoisotopic (exact) mass is 306 g/mol. The number of fused-ring (bicyclic) bond motifs is 1. The number of ether oxygens (including phenoxy) is 2. The van der Waals surface area contributed by atoms with Crippen molar-refractivity contribution in [2.45, 2.75) is 32.0 Å². The Bertz CT molecular complexity index is 567. The van der Waals surface area contributed by atoms with Crippen LogP contribution in [0.1, 0.15) is 24.5 Å². The van der Waals surface area contributed by atoms with Gasteiger partial charge in [0.2, 0.25) is 5.60 Å². The normalized spacial score (nSPS) is 21.4. The zero-order valence-electron chi connectivity index (χ0n) is 11.3. The highest BCUT2D eigenvalue weighted by Gasteiger charge is 2.55. The van der Waals surface area contributed by atoms with Gasteiger partial charge >= 0.3 is 6.18 Å². The summed E-state index contributed by atoms with van der Waals surface area (Å²) < 4.78 is 50.2. The second kappa shape index (κ2) is 4.88. The van der Waals surface area contributed by atoms with Crippen molar-refractivity contribution in [2.75, 3.05) is 7.11 Å². The van der Waals surface area contributed by atoms with Crippen LogP contribution >= 0.6 is 11.6 Å². The fraction of sp³-hybridized carbons (Fsp3) is 0.429. The molecule has 0 bridgehead atoms. The Morgan fingerprint density at radius 2 is 2.05 bits per heavy atom. The van der Waals surface area contributed by atoms with Gasteiger partial charge in [-0.1, -0.05) is 24.6 Å². The first-order valence-corrected chi connectivity index (χ1v) is 6.45. The predicted molar refractivity (Wildman–Crippen MR) is 71.5 cm³/mol. The van der Waals surface area contributed by atoms with Crippen molar-refractivity contribution in [2.24, 2.45) is 0 Å². The molecule has 1 aliphatic rings. The first-order valence-electron chi connectivity index (χ1n) is 6.08. The van der Waals surface area contributed by atoms with E-state index in [0.717, 1.165) is 6.08 Å². The highest BCUT2D eigenvalue weighted by Crippen LogP contribution is 2.47. The minimum atomic E-state index is -4.49. The average Bonchev–Trinajstić information content (AvgIpc) is 2.37. The van der Waals surface area contributed by atoms with Crippen LogP contribution < -0.4 is 9.47 Å². The molecule has 2 nitrogen and oxygen atoms in total. The largest absolute Gasteiger partial charge is 0.495 e. The van der Waals surface area contributed by atoms with E-state index in [2.05, 4.69) is 0 Å². The molecule has 0 spiro atoms. The lowest BCUT2D eigenvalue weighted by molar-refractivity contribution is -0.230. The summed E-state index contributed by atoms with van der Waals surface area (Å²) >= 11 is 6.02. The van der Waals surface area contributed by atoms with Crippen molar-refractivity contribution in [3.05, 3.63) is 28.3 Å². The Kier molecular flexibility index (Phi) is 3.67. The van der Waals surface area contributed by atoms with E-state index in [1.54, 1.807) is 6.92 Å². The summed E-state index contributed by atoms with van der Waals surface area (Å²) in [5.41, 5.74) is -1.33. The van der Waals surface area contributed by atoms with Gasteiger partial charge in [-0.15, -0.1) is 0 Å². The molecule has 0 amide bonds. The second-order valence-corrected chi connectivity index (χ2v) is 5.02. The maximum atomic E-state index is 13.3. The molecule has 0 aliphatic carbocycles. The lowest BCUT2D eigenvalue weighted by atomic mass is 9.93. The molecule has 1 atom stereocenters. The maximum absolute atomic E-state index is 13.3. The fourth-order valence-electron chi connectivity index (χ4n) is 2.26. The highest BCUT2D eigenvalue weighted by molar-refractivity contribution is 6.32. The lowest BCUT2D eigenvalue weighted by Gasteiger charge is -2.36. The van der Waals surface area contributed by atoms with E-state index >= 15 is 0 Å². The van der Waals surface area contributed by atoms with Crippen LogP contribution in [0.5, 0.6) is 11.5 Å². The van der Waals surface area contributed by atoms with Crippen molar-refractivity contribution < 1.29 is 22.6 Å². The van der Waals surface area contributed by atoms with Crippen molar-refractivity contribution in [3.8, 4) is 11.5 Å². The summed E-state index contributed by atoms with van der Waals surface area (Å²) in [7, 11) is 1.41. The van der Waals surface area contributed by atoms with E-state index in [4.69, 9.17) is 21.1 Å². The standard InChI is InChI=1S/C14H14ClF3O2/c1-4-13(14(16,17)18)6-5-9-7-10(15)12(19-3)8(2)11(9)20-13/h5-7H,4H2,1-3H3. The quantitative estimate of drug-likeness (QED) is 0.783. The molecule has 0 radical (unpaired) electrons. The SMILES string of the molecule is CCC1(C(F)(F)F)C=Cc2cc(Cl)c(OC)c(C)c2O1. The van der Waals surface area contributed by atoms with Gasteiger partial charge in [0.15, 0.2) is 0 Å². The van der Waals surface area contributed by atoms with E-state index in [-0.39, 0.29) is 12.2 Å². The summed E-state index contributed by atoms with van der Waals surface area (Å²) in [6.07, 6.45) is -2.27. The van der Waals surface area contributed by atoms with Gasteiger partial charge in [-0.05, 0) is 25.5 Å². The number of benzene rings is 1. The van der Waals surface area contributed by atoms with Gasteiger partial charge in [-0.2, -0.15) is 13.2 Å². The van der Waals surface area contributed by atoms with Gasteiger partial charge in [0, 0.05) is 11.1 Å². The second-order valence-electron chi connectivity index (χ2n) is 4.61. The van der Waals surface area contributed by atoms with Gasteiger partial charge < -0.3 is 9.47 Å². The molecule has 1 aromatic rings. The number of hydrogen-bond donors (Lipinski definition) is 0. The molecule has 110 valence electrons. The number of halogens is 4. The highest BCUT2D eigenvalue weighted by atomic mass is 35.5. The van der Waals surface area contributed by atoms with E-state index in [0.29, 0.717) is 21.9 Å². The van der Waals surface area contributed by atoms with Crippen LogP contribution in [0, 0.1) is 6.92 Å². The van der Waals surface area contributed by atoms with Crippen molar-refractivity contribution in [1.29, 1.82) is 0 Å². The third-order valence-corrected chi connectivity index (χ3v) is 3.75. The minimum Gasteiger partial charge on any atom is -0.495 e. The third-order valence-electron chi connectivity index (χ3n) is 3.47. The van der Waals surface area contributed by atoms with Crippen LogP contribution in [0.2, 0.25) is 5.02 Å².